The highest BCUT2D eigenvalue weighted by molar-refractivity contribution is 6.07. The molecule has 1 atom stereocenters. The smallest absolute Gasteiger partial charge is 0.257 e. The lowest BCUT2D eigenvalue weighted by molar-refractivity contribution is -0.124. The molecule has 1 aliphatic carbocycles. The maximum atomic E-state index is 13.6. The van der Waals surface area contributed by atoms with Crippen LogP contribution in [-0.4, -0.2) is 47.1 Å². The Bertz CT molecular complexity index is 1220. The van der Waals surface area contributed by atoms with Crippen LogP contribution in [0.25, 0.3) is 0 Å². The fourth-order valence-corrected chi connectivity index (χ4v) is 5.97. The number of pyridine rings is 1. The van der Waals surface area contributed by atoms with Gasteiger partial charge in [-0.2, -0.15) is 0 Å². The van der Waals surface area contributed by atoms with Crippen molar-refractivity contribution in [1.82, 2.24) is 15.5 Å². The molecule has 3 aliphatic rings. The molecule has 1 saturated heterocycles. The molecule has 204 valence electrons. The first kappa shape index (κ1) is 26.3. The fourth-order valence-electron chi connectivity index (χ4n) is 5.97. The van der Waals surface area contributed by atoms with E-state index in [-0.39, 0.29) is 23.6 Å². The van der Waals surface area contributed by atoms with E-state index in [4.69, 9.17) is 9.26 Å². The number of hydrogen-bond acceptors (Lipinski definition) is 7. The molecule has 2 aliphatic heterocycles. The van der Waals surface area contributed by atoms with Gasteiger partial charge in [-0.3, -0.25) is 14.4 Å². The first-order chi connectivity index (χ1) is 18.1. The maximum Gasteiger partial charge on any atom is 0.257 e. The summed E-state index contributed by atoms with van der Waals surface area (Å²) in [5.41, 5.74) is 1.37. The molecule has 1 saturated carbocycles. The van der Waals surface area contributed by atoms with Crippen molar-refractivity contribution in [2.75, 3.05) is 23.8 Å². The minimum Gasteiger partial charge on any atom is -0.381 e. The van der Waals surface area contributed by atoms with Crippen LogP contribution in [0.2, 0.25) is 0 Å². The van der Waals surface area contributed by atoms with Crippen LogP contribution in [0.3, 0.4) is 0 Å². The summed E-state index contributed by atoms with van der Waals surface area (Å²) in [6.45, 7) is 9.13. The number of amides is 3. The third kappa shape index (κ3) is 4.93. The predicted octanol–water partition coefficient (Wildman–Crippen LogP) is 3.93. The second-order valence-electron chi connectivity index (χ2n) is 12.1. The van der Waals surface area contributed by atoms with Gasteiger partial charge in [0.15, 0.2) is 0 Å². The van der Waals surface area contributed by atoms with E-state index >= 15 is 0 Å². The monoisotopic (exact) mass is 523 g/mol. The molecule has 0 aromatic carbocycles. The number of nitrogens with one attached hydrogen (secondary N) is 3. The molecule has 4 heterocycles. The van der Waals surface area contributed by atoms with Crippen molar-refractivity contribution in [2.24, 2.45) is 11.8 Å². The highest BCUT2D eigenvalue weighted by atomic mass is 16.5. The molecular formula is C28H37N5O5. The van der Waals surface area contributed by atoms with Crippen LogP contribution in [0.5, 0.6) is 0 Å². The Labute approximate surface area is 222 Å². The molecule has 2 aromatic rings. The summed E-state index contributed by atoms with van der Waals surface area (Å²) < 4.78 is 10.6. The lowest BCUT2D eigenvalue weighted by Crippen LogP contribution is -2.49. The molecule has 3 amide bonds. The van der Waals surface area contributed by atoms with E-state index in [9.17, 15) is 14.4 Å². The zero-order valence-electron chi connectivity index (χ0n) is 22.6. The first-order valence-corrected chi connectivity index (χ1v) is 13.5. The number of hydrogen-bond donors (Lipinski definition) is 3. The molecule has 38 heavy (non-hydrogen) atoms. The van der Waals surface area contributed by atoms with Crippen LogP contribution in [0.4, 0.5) is 11.5 Å². The van der Waals surface area contributed by atoms with Gasteiger partial charge in [-0.15, -0.1) is 0 Å². The molecule has 0 bridgehead atoms. The molecule has 2 fully saturated rings. The minimum absolute atomic E-state index is 0.00673. The van der Waals surface area contributed by atoms with Crippen LogP contribution < -0.4 is 16.0 Å². The van der Waals surface area contributed by atoms with Gasteiger partial charge in [0.05, 0.1) is 11.1 Å². The van der Waals surface area contributed by atoms with Gasteiger partial charge in [-0.05, 0) is 37.5 Å². The Balaban J connectivity index is 1.36. The maximum absolute atomic E-state index is 13.6. The molecule has 3 N–H and O–H groups in total. The van der Waals surface area contributed by atoms with E-state index < -0.39 is 16.9 Å². The van der Waals surface area contributed by atoms with Gasteiger partial charge in [0.1, 0.15) is 29.4 Å². The van der Waals surface area contributed by atoms with E-state index in [1.807, 2.05) is 20.8 Å². The normalized spacial score (nSPS) is 23.4. The second-order valence-corrected chi connectivity index (χ2v) is 12.1. The Morgan fingerprint density at radius 2 is 1.87 bits per heavy atom. The van der Waals surface area contributed by atoms with Crippen molar-refractivity contribution in [2.45, 2.75) is 83.1 Å². The zero-order chi connectivity index (χ0) is 27.1. The summed E-state index contributed by atoms with van der Waals surface area (Å²) in [5, 5.41) is 12.9. The second kappa shape index (κ2) is 10.1. The number of aromatic nitrogens is 2. The molecule has 10 heteroatoms. The lowest BCUT2D eigenvalue weighted by atomic mass is 9.76. The van der Waals surface area contributed by atoms with Gasteiger partial charge in [0, 0.05) is 36.5 Å². The average molecular weight is 524 g/mol. The van der Waals surface area contributed by atoms with E-state index in [0.717, 1.165) is 31.2 Å². The third-order valence-corrected chi connectivity index (χ3v) is 8.33. The third-order valence-electron chi connectivity index (χ3n) is 8.33. The minimum atomic E-state index is -0.746. The van der Waals surface area contributed by atoms with Crippen molar-refractivity contribution >= 4 is 29.2 Å². The van der Waals surface area contributed by atoms with Crippen molar-refractivity contribution in [3.63, 3.8) is 0 Å². The standard InChI is InChI=1S/C28H37N5O5/c1-16-5-7-17(8-6-16)22(32-24(34)18-15-38-33-23(18)27(2,3)4)25(35)31-21-13-20-19(14-29-21)28(26(36)30-20)9-11-37-12-10-28/h13-17,22H,5-12H2,1-4H3,(H,30,36)(H,32,34)(H,29,31,35)/t16?,17?,22-/m0/s1. The van der Waals surface area contributed by atoms with E-state index in [2.05, 4.69) is 33.0 Å². The van der Waals surface area contributed by atoms with E-state index in [0.29, 0.717) is 54.7 Å². The topological polar surface area (TPSA) is 135 Å². The Hall–Kier alpha value is -3.27. The molecule has 2 aromatic heterocycles. The van der Waals surface area contributed by atoms with Crippen LogP contribution in [0.15, 0.2) is 23.0 Å². The number of ether oxygens (including phenoxy) is 1. The van der Waals surface area contributed by atoms with Crippen molar-refractivity contribution < 1.29 is 23.6 Å². The first-order valence-electron chi connectivity index (χ1n) is 13.5. The molecule has 5 rings (SSSR count). The van der Waals surface area contributed by atoms with Gasteiger partial charge in [0.2, 0.25) is 11.8 Å². The number of anilines is 2. The highest BCUT2D eigenvalue weighted by Gasteiger charge is 2.48. The van der Waals surface area contributed by atoms with Crippen LogP contribution in [0, 0.1) is 11.8 Å². The molecular weight excluding hydrogens is 486 g/mol. The lowest BCUT2D eigenvalue weighted by Gasteiger charge is -2.32. The van der Waals surface area contributed by atoms with Crippen LogP contribution in [0.1, 0.15) is 87.8 Å². The van der Waals surface area contributed by atoms with Gasteiger partial charge in [0.25, 0.3) is 5.91 Å². The zero-order valence-corrected chi connectivity index (χ0v) is 22.6. The van der Waals surface area contributed by atoms with Crippen molar-refractivity contribution in [3.8, 4) is 0 Å². The Morgan fingerprint density at radius 1 is 1.16 bits per heavy atom. The molecule has 0 radical (unpaired) electrons. The summed E-state index contributed by atoms with van der Waals surface area (Å²) >= 11 is 0. The molecule has 1 spiro atoms. The largest absolute Gasteiger partial charge is 0.381 e. The summed E-state index contributed by atoms with van der Waals surface area (Å²) in [7, 11) is 0. The summed E-state index contributed by atoms with van der Waals surface area (Å²) in [6.07, 6.45) is 7.90. The number of nitrogens with zero attached hydrogens (tertiary/aromatic N) is 2. The average Bonchev–Trinajstić information content (AvgIpc) is 3.48. The molecule has 10 nitrogen and oxygen atoms in total. The van der Waals surface area contributed by atoms with Gasteiger partial charge in [-0.1, -0.05) is 45.7 Å². The van der Waals surface area contributed by atoms with Crippen LogP contribution >= 0.6 is 0 Å². The highest BCUT2D eigenvalue weighted by Crippen LogP contribution is 2.44. The van der Waals surface area contributed by atoms with Gasteiger partial charge < -0.3 is 25.2 Å². The molecule has 0 unspecified atom stereocenters. The quantitative estimate of drug-likeness (QED) is 0.540. The SMILES string of the molecule is CC1CCC([C@H](NC(=O)c2conc2C(C)(C)C)C(=O)Nc2cc3c(cn2)C2(CCOCC2)C(=O)N3)CC1. The predicted molar refractivity (Wildman–Crippen MR) is 141 cm³/mol. The number of fused-ring (bicyclic) bond motifs is 2. The van der Waals surface area contributed by atoms with Crippen LogP contribution in [-0.2, 0) is 25.2 Å². The summed E-state index contributed by atoms with van der Waals surface area (Å²) in [4.78, 5) is 44.3. The van der Waals surface area contributed by atoms with Gasteiger partial charge in [-0.25, -0.2) is 4.98 Å². The Morgan fingerprint density at radius 3 is 2.55 bits per heavy atom. The number of carbonyl (C=O) groups excluding carboxylic acids is 3. The Kier molecular flexibility index (Phi) is 7.02. The van der Waals surface area contributed by atoms with Gasteiger partial charge >= 0.3 is 0 Å². The van der Waals surface area contributed by atoms with Crippen molar-refractivity contribution in [3.05, 3.63) is 35.3 Å². The van der Waals surface area contributed by atoms with E-state index in [1.165, 1.54) is 6.26 Å². The summed E-state index contributed by atoms with van der Waals surface area (Å²) in [5.74, 6) is 0.158. The number of rotatable bonds is 5. The number of carbonyl (C=O) groups is 3. The van der Waals surface area contributed by atoms with Crippen molar-refractivity contribution in [1.29, 1.82) is 0 Å². The fraction of sp³-hybridized carbons (Fsp3) is 0.607. The van der Waals surface area contributed by atoms with E-state index in [1.54, 1.807) is 12.3 Å². The summed E-state index contributed by atoms with van der Waals surface area (Å²) in [6, 6.07) is 0.957.